The molecule has 0 aromatic heterocycles. The first-order chi connectivity index (χ1) is 4.88. The van der Waals surface area contributed by atoms with Crippen LogP contribution in [0.15, 0.2) is 29.5 Å². The molecule has 0 N–H and O–H groups in total. The van der Waals surface area contributed by atoms with Crippen molar-refractivity contribution in [2.24, 2.45) is 5.10 Å². The molecule has 0 aromatic carbocycles. The van der Waals surface area contributed by atoms with Crippen molar-refractivity contribution in [1.82, 2.24) is 5.01 Å². The summed E-state index contributed by atoms with van der Waals surface area (Å²) in [7, 11) is 0. The van der Waals surface area contributed by atoms with E-state index in [0.717, 1.165) is 0 Å². The maximum atomic E-state index is 4.16. The Bertz CT molecular complexity index is 220. The van der Waals surface area contributed by atoms with Gasteiger partial charge >= 0.3 is 0 Å². The van der Waals surface area contributed by atoms with Gasteiger partial charge in [0.15, 0.2) is 0 Å². The van der Waals surface area contributed by atoms with Crippen molar-refractivity contribution in [2.75, 3.05) is 0 Å². The molecule has 2 aliphatic rings. The Kier molecular flexibility index (Phi) is 1.38. The van der Waals surface area contributed by atoms with Gasteiger partial charge in [-0.3, -0.25) is 5.01 Å². The quantitative estimate of drug-likeness (QED) is 0.540. The highest BCUT2D eigenvalue weighted by atomic mass is 79.9. The lowest BCUT2D eigenvalue weighted by Crippen LogP contribution is -2.27. The fourth-order valence-electron chi connectivity index (χ4n) is 1.10. The average molecular weight is 199 g/mol. The molecule has 2 unspecified atom stereocenters. The lowest BCUT2D eigenvalue weighted by molar-refractivity contribution is 0.373. The van der Waals surface area contributed by atoms with Crippen LogP contribution in [0.5, 0.6) is 0 Å². The van der Waals surface area contributed by atoms with E-state index in [1.165, 1.54) is 0 Å². The van der Waals surface area contributed by atoms with Gasteiger partial charge in [0.05, 0.1) is 10.9 Å². The first-order valence-electron chi connectivity index (χ1n) is 3.19. The van der Waals surface area contributed by atoms with E-state index in [-0.39, 0.29) is 0 Å². The maximum Gasteiger partial charge on any atom is 0.0878 e. The van der Waals surface area contributed by atoms with Crippen LogP contribution in [0.4, 0.5) is 0 Å². The van der Waals surface area contributed by atoms with E-state index in [1.54, 1.807) is 0 Å². The van der Waals surface area contributed by atoms with Gasteiger partial charge in [-0.25, -0.2) is 0 Å². The van der Waals surface area contributed by atoms with Crippen LogP contribution >= 0.6 is 15.9 Å². The Morgan fingerprint density at radius 1 is 1.40 bits per heavy atom. The molecule has 0 radical (unpaired) electrons. The van der Waals surface area contributed by atoms with Crippen molar-refractivity contribution in [3.8, 4) is 0 Å². The van der Waals surface area contributed by atoms with Crippen molar-refractivity contribution in [1.29, 1.82) is 0 Å². The Morgan fingerprint density at radius 3 is 3.10 bits per heavy atom. The summed E-state index contributed by atoms with van der Waals surface area (Å²) in [6, 6.07) is 0.394. The largest absolute Gasteiger partial charge is 0.265 e. The molecular weight excluding hydrogens is 192 g/mol. The van der Waals surface area contributed by atoms with Gasteiger partial charge in [-0.05, 0) is 6.08 Å². The first kappa shape index (κ1) is 6.16. The predicted octanol–water partition coefficient (Wildman–Crippen LogP) is 1.50. The van der Waals surface area contributed by atoms with Crippen LogP contribution < -0.4 is 0 Å². The summed E-state index contributed by atoms with van der Waals surface area (Å²) in [5.41, 5.74) is 0. The third kappa shape index (κ3) is 0.814. The van der Waals surface area contributed by atoms with E-state index in [9.17, 15) is 0 Å². The summed E-state index contributed by atoms with van der Waals surface area (Å²) in [6.07, 6.45) is 10.0. The van der Waals surface area contributed by atoms with Crippen molar-refractivity contribution < 1.29 is 0 Å². The summed E-state index contributed by atoms with van der Waals surface area (Å²) < 4.78 is 0. The van der Waals surface area contributed by atoms with E-state index < -0.39 is 0 Å². The van der Waals surface area contributed by atoms with Gasteiger partial charge in [0.2, 0.25) is 0 Å². The number of hydrogen-bond acceptors (Lipinski definition) is 2. The van der Waals surface area contributed by atoms with Gasteiger partial charge in [-0.15, -0.1) is 0 Å². The van der Waals surface area contributed by atoms with Crippen LogP contribution in [0.2, 0.25) is 0 Å². The number of rotatable bonds is 0. The minimum absolute atomic E-state index is 0.369. The Hall–Kier alpha value is -0.570. The fourth-order valence-corrected chi connectivity index (χ4v) is 1.62. The molecule has 2 heterocycles. The Balaban J connectivity index is 2.26. The van der Waals surface area contributed by atoms with Crippen LogP contribution in [0.1, 0.15) is 0 Å². The fraction of sp³-hybridized carbons (Fsp3) is 0.286. The molecule has 0 aromatic rings. The second-order valence-corrected chi connectivity index (χ2v) is 3.36. The van der Waals surface area contributed by atoms with Crippen molar-refractivity contribution in [2.45, 2.75) is 10.9 Å². The van der Waals surface area contributed by atoms with Gasteiger partial charge in [-0.1, -0.05) is 28.1 Å². The molecule has 0 amide bonds. The van der Waals surface area contributed by atoms with E-state index >= 15 is 0 Å². The highest BCUT2D eigenvalue weighted by Crippen LogP contribution is 2.21. The van der Waals surface area contributed by atoms with Crippen molar-refractivity contribution in [3.63, 3.8) is 0 Å². The number of halogens is 1. The molecule has 0 saturated heterocycles. The number of allylic oxidation sites excluding steroid dienone is 2. The second-order valence-electron chi connectivity index (χ2n) is 2.31. The minimum atomic E-state index is 0.369. The topological polar surface area (TPSA) is 15.6 Å². The molecule has 0 aliphatic carbocycles. The molecule has 2 atom stereocenters. The van der Waals surface area contributed by atoms with E-state index in [2.05, 4.69) is 27.1 Å². The summed E-state index contributed by atoms with van der Waals surface area (Å²) in [5, 5.41) is 6.11. The minimum Gasteiger partial charge on any atom is -0.265 e. The van der Waals surface area contributed by atoms with Gasteiger partial charge in [0.25, 0.3) is 0 Å². The van der Waals surface area contributed by atoms with Crippen LogP contribution in [0.25, 0.3) is 0 Å². The highest BCUT2D eigenvalue weighted by molar-refractivity contribution is 9.10. The molecule has 2 rings (SSSR count). The van der Waals surface area contributed by atoms with Gasteiger partial charge in [-0.2, -0.15) is 5.10 Å². The summed E-state index contributed by atoms with van der Waals surface area (Å²) in [4.78, 5) is 0.369. The van der Waals surface area contributed by atoms with Crippen LogP contribution in [-0.2, 0) is 0 Å². The average Bonchev–Trinajstić information content (AvgIpc) is 2.34. The van der Waals surface area contributed by atoms with E-state index in [4.69, 9.17) is 0 Å². The van der Waals surface area contributed by atoms with Gasteiger partial charge < -0.3 is 0 Å². The molecule has 0 bridgehead atoms. The Morgan fingerprint density at radius 2 is 2.30 bits per heavy atom. The van der Waals surface area contributed by atoms with Crippen LogP contribution in [0.3, 0.4) is 0 Å². The first-order valence-corrected chi connectivity index (χ1v) is 4.11. The molecule has 3 heteroatoms. The summed E-state index contributed by atoms with van der Waals surface area (Å²) >= 11 is 3.50. The molecule has 0 saturated carbocycles. The van der Waals surface area contributed by atoms with Crippen molar-refractivity contribution >= 4 is 22.1 Å². The lowest BCUT2D eigenvalue weighted by atomic mass is 10.2. The third-order valence-electron chi connectivity index (χ3n) is 1.63. The second kappa shape index (κ2) is 2.23. The number of hydrazone groups is 1. The summed E-state index contributed by atoms with van der Waals surface area (Å²) in [5.74, 6) is 0. The zero-order chi connectivity index (χ0) is 6.97. The molecule has 0 spiro atoms. The van der Waals surface area contributed by atoms with Crippen molar-refractivity contribution in [3.05, 3.63) is 24.4 Å². The smallest absolute Gasteiger partial charge is 0.0878 e. The molecule has 10 heavy (non-hydrogen) atoms. The molecule has 2 nitrogen and oxygen atoms in total. The Labute approximate surface area is 68.0 Å². The predicted molar refractivity (Wildman–Crippen MR) is 45.1 cm³/mol. The molecule has 52 valence electrons. The monoisotopic (exact) mass is 198 g/mol. The van der Waals surface area contributed by atoms with Crippen LogP contribution in [0, 0.1) is 0 Å². The lowest BCUT2D eigenvalue weighted by Gasteiger charge is -2.20. The zero-order valence-corrected chi connectivity index (χ0v) is 6.90. The molecule has 2 aliphatic heterocycles. The standard InChI is InChI=1S/C7H7BrN2/c8-6-5-9-10-4-2-1-3-7(6)10/h1-7H. The number of alkyl halides is 1. The number of fused-ring (bicyclic) bond motifs is 1. The highest BCUT2D eigenvalue weighted by Gasteiger charge is 2.25. The van der Waals surface area contributed by atoms with E-state index in [0.29, 0.717) is 10.9 Å². The SMILES string of the molecule is BrC1C=NN2C=CC=CC12. The molecular formula is C7H7BrN2. The zero-order valence-electron chi connectivity index (χ0n) is 5.31. The van der Waals surface area contributed by atoms with Gasteiger partial charge in [0.1, 0.15) is 0 Å². The maximum absolute atomic E-state index is 4.16. The summed E-state index contributed by atoms with van der Waals surface area (Å²) in [6.45, 7) is 0. The third-order valence-corrected chi connectivity index (χ3v) is 2.41. The normalized spacial score (nSPS) is 35.1. The molecule has 0 fully saturated rings. The number of hydrogen-bond donors (Lipinski definition) is 0. The van der Waals surface area contributed by atoms with E-state index in [1.807, 2.05) is 29.6 Å². The number of nitrogens with zero attached hydrogens (tertiary/aromatic N) is 2. The van der Waals surface area contributed by atoms with Gasteiger partial charge in [0, 0.05) is 12.4 Å². The van der Waals surface area contributed by atoms with Crippen LogP contribution in [-0.4, -0.2) is 22.1 Å².